The third-order valence-corrected chi connectivity index (χ3v) is 1.60. The zero-order chi connectivity index (χ0) is 6.62. The van der Waals surface area contributed by atoms with Gasteiger partial charge in [0.25, 0.3) is 0 Å². The molecule has 0 radical (unpaired) electrons. The van der Waals surface area contributed by atoms with Crippen LogP contribution in [0.1, 0.15) is 26.7 Å². The maximum absolute atomic E-state index is 11.1. The summed E-state index contributed by atoms with van der Waals surface area (Å²) in [6.45, 7) is 3.79. The van der Waals surface area contributed by atoms with Gasteiger partial charge in [-0.2, -0.15) is 0 Å². The van der Waals surface area contributed by atoms with E-state index in [0.29, 0.717) is 12.8 Å². The van der Waals surface area contributed by atoms with Crippen LogP contribution >= 0.6 is 0 Å². The summed E-state index contributed by atoms with van der Waals surface area (Å²) in [4.78, 5) is 0. The minimum absolute atomic E-state index is 0.653. The molecule has 0 aliphatic carbocycles. The third kappa shape index (κ3) is 1.80. The molecule has 0 unspecified atom stereocenters. The lowest BCUT2D eigenvalue weighted by atomic mass is 10.1. The molecule has 0 aromatic carbocycles. The van der Waals surface area contributed by atoms with Gasteiger partial charge >= 0.3 is 0 Å². The van der Waals surface area contributed by atoms with Crippen molar-refractivity contribution in [3.63, 3.8) is 0 Å². The summed E-state index contributed by atoms with van der Waals surface area (Å²) in [6.07, 6.45) is 1.31. The van der Waals surface area contributed by atoms with E-state index >= 15 is 0 Å². The normalized spacial score (nSPS) is 12.0. The van der Waals surface area contributed by atoms with Crippen LogP contribution in [0.25, 0.3) is 0 Å². The summed E-state index contributed by atoms with van der Waals surface area (Å²) in [7, 11) is 1.71. The standard InChI is InChI=1S/C6H14NO/c1-4-6(8,5-2)7-3/h7H,4-5H2,1-3H3/q-1. The summed E-state index contributed by atoms with van der Waals surface area (Å²) >= 11 is 0. The lowest BCUT2D eigenvalue weighted by molar-refractivity contribution is -0.489. The van der Waals surface area contributed by atoms with Crippen molar-refractivity contribution < 1.29 is 5.11 Å². The Bertz CT molecular complexity index is 51.3. The number of hydrogen-bond donors (Lipinski definition) is 1. The largest absolute Gasteiger partial charge is 0.838 e. The van der Waals surface area contributed by atoms with E-state index in [9.17, 15) is 5.11 Å². The zero-order valence-electron chi connectivity index (χ0n) is 5.82. The van der Waals surface area contributed by atoms with Crippen molar-refractivity contribution in [2.24, 2.45) is 0 Å². The van der Waals surface area contributed by atoms with Crippen LogP contribution in [0.2, 0.25) is 0 Å². The second-order valence-electron chi connectivity index (χ2n) is 1.95. The summed E-state index contributed by atoms with van der Waals surface area (Å²) in [5.41, 5.74) is -0.875. The van der Waals surface area contributed by atoms with Gasteiger partial charge in [-0.15, -0.1) is 0 Å². The molecule has 2 nitrogen and oxygen atoms in total. The minimum Gasteiger partial charge on any atom is -0.838 e. The molecule has 0 rings (SSSR count). The first-order valence-corrected chi connectivity index (χ1v) is 3.08. The fourth-order valence-corrected chi connectivity index (χ4v) is 0.604. The van der Waals surface area contributed by atoms with Gasteiger partial charge in [-0.25, -0.2) is 0 Å². The molecule has 0 saturated heterocycles. The van der Waals surface area contributed by atoms with Gasteiger partial charge in [-0.05, 0) is 7.05 Å². The first-order chi connectivity index (χ1) is 3.68. The van der Waals surface area contributed by atoms with E-state index in [1.54, 1.807) is 7.05 Å². The van der Waals surface area contributed by atoms with Crippen molar-refractivity contribution in [3.05, 3.63) is 0 Å². The number of nitrogens with one attached hydrogen (secondary N) is 1. The highest BCUT2D eigenvalue weighted by Gasteiger charge is 2.05. The van der Waals surface area contributed by atoms with E-state index in [1.807, 2.05) is 13.8 Å². The Morgan fingerprint density at radius 1 is 1.38 bits per heavy atom. The van der Waals surface area contributed by atoms with Crippen molar-refractivity contribution in [2.45, 2.75) is 32.4 Å². The molecule has 8 heavy (non-hydrogen) atoms. The van der Waals surface area contributed by atoms with Crippen LogP contribution in [0.4, 0.5) is 0 Å². The molecule has 0 fully saturated rings. The maximum atomic E-state index is 11.1. The monoisotopic (exact) mass is 116 g/mol. The maximum Gasteiger partial charge on any atom is -0.0173 e. The molecule has 0 aliphatic heterocycles. The van der Waals surface area contributed by atoms with Crippen LogP contribution in [-0.4, -0.2) is 12.8 Å². The van der Waals surface area contributed by atoms with Crippen molar-refractivity contribution in [1.29, 1.82) is 0 Å². The van der Waals surface area contributed by atoms with Crippen LogP contribution in [-0.2, 0) is 0 Å². The van der Waals surface area contributed by atoms with Crippen LogP contribution in [0.5, 0.6) is 0 Å². The molecule has 0 aromatic rings. The quantitative estimate of drug-likeness (QED) is 0.530. The van der Waals surface area contributed by atoms with Gasteiger partial charge in [0.05, 0.1) is 0 Å². The fourth-order valence-electron chi connectivity index (χ4n) is 0.604. The summed E-state index contributed by atoms with van der Waals surface area (Å²) in [5.74, 6) is 0. The molecular weight excluding hydrogens is 102 g/mol. The summed E-state index contributed by atoms with van der Waals surface area (Å²) in [6, 6.07) is 0. The smallest absolute Gasteiger partial charge is 0.0173 e. The highest BCUT2D eigenvalue weighted by Crippen LogP contribution is 2.03. The topological polar surface area (TPSA) is 35.1 Å². The van der Waals surface area contributed by atoms with E-state index in [2.05, 4.69) is 5.32 Å². The first kappa shape index (κ1) is 7.92. The molecule has 50 valence electrons. The minimum atomic E-state index is -0.875. The van der Waals surface area contributed by atoms with Gasteiger partial charge < -0.3 is 10.4 Å². The molecule has 0 heterocycles. The molecule has 0 bridgehead atoms. The Balaban J connectivity index is 3.58. The van der Waals surface area contributed by atoms with Crippen LogP contribution in [0.15, 0.2) is 0 Å². The van der Waals surface area contributed by atoms with Gasteiger partial charge in [0.15, 0.2) is 0 Å². The predicted molar refractivity (Wildman–Crippen MR) is 32.4 cm³/mol. The Labute approximate surface area is 50.9 Å². The van der Waals surface area contributed by atoms with E-state index < -0.39 is 5.72 Å². The molecule has 0 aliphatic rings. The van der Waals surface area contributed by atoms with Gasteiger partial charge in [-0.3, -0.25) is 0 Å². The molecule has 0 saturated carbocycles. The fraction of sp³-hybridized carbons (Fsp3) is 1.00. The average Bonchev–Trinajstić information content (AvgIpc) is 1.87. The summed E-state index contributed by atoms with van der Waals surface area (Å²) in [5, 5.41) is 13.8. The van der Waals surface area contributed by atoms with Crippen LogP contribution in [0, 0.1) is 0 Å². The van der Waals surface area contributed by atoms with Gasteiger partial charge in [0.1, 0.15) is 0 Å². The molecule has 0 atom stereocenters. The second-order valence-corrected chi connectivity index (χ2v) is 1.95. The highest BCUT2D eigenvalue weighted by atomic mass is 16.3. The van der Waals surface area contributed by atoms with E-state index in [-0.39, 0.29) is 0 Å². The molecule has 1 N–H and O–H groups in total. The van der Waals surface area contributed by atoms with Crippen molar-refractivity contribution >= 4 is 0 Å². The van der Waals surface area contributed by atoms with Crippen molar-refractivity contribution in [1.82, 2.24) is 5.32 Å². The Hall–Kier alpha value is -0.0800. The summed E-state index contributed by atoms with van der Waals surface area (Å²) < 4.78 is 0. The van der Waals surface area contributed by atoms with Gasteiger partial charge in [0.2, 0.25) is 0 Å². The Morgan fingerprint density at radius 2 is 1.75 bits per heavy atom. The third-order valence-electron chi connectivity index (χ3n) is 1.60. The van der Waals surface area contributed by atoms with Crippen molar-refractivity contribution in [3.8, 4) is 0 Å². The molecule has 0 aromatic heterocycles. The lowest BCUT2D eigenvalue weighted by Gasteiger charge is -2.38. The first-order valence-electron chi connectivity index (χ1n) is 3.08. The Morgan fingerprint density at radius 3 is 1.75 bits per heavy atom. The average molecular weight is 116 g/mol. The van der Waals surface area contributed by atoms with E-state index in [4.69, 9.17) is 0 Å². The van der Waals surface area contributed by atoms with Gasteiger partial charge in [0, 0.05) is 0 Å². The van der Waals surface area contributed by atoms with Crippen LogP contribution < -0.4 is 10.4 Å². The molecule has 0 amide bonds. The van der Waals surface area contributed by atoms with Gasteiger partial charge in [-0.1, -0.05) is 32.4 Å². The molecular formula is C6H14NO-. The zero-order valence-corrected chi connectivity index (χ0v) is 5.82. The number of rotatable bonds is 3. The van der Waals surface area contributed by atoms with Crippen molar-refractivity contribution in [2.75, 3.05) is 7.05 Å². The van der Waals surface area contributed by atoms with E-state index in [1.165, 1.54) is 0 Å². The second kappa shape index (κ2) is 3.05. The molecule has 2 heteroatoms. The van der Waals surface area contributed by atoms with Crippen LogP contribution in [0.3, 0.4) is 0 Å². The predicted octanol–water partition coefficient (Wildman–Crippen LogP) is 0.0824. The highest BCUT2D eigenvalue weighted by molar-refractivity contribution is 4.65. The molecule has 0 spiro atoms. The Kier molecular flexibility index (Phi) is 3.02. The SMILES string of the molecule is CCC([O-])(CC)NC. The number of hydrogen-bond acceptors (Lipinski definition) is 2. The lowest BCUT2D eigenvalue weighted by Crippen LogP contribution is -2.53. The van der Waals surface area contributed by atoms with E-state index in [0.717, 1.165) is 0 Å².